The van der Waals surface area contributed by atoms with Gasteiger partial charge in [0.25, 0.3) is 10.0 Å². The maximum Gasteiger partial charge on any atom is 0.416 e. The highest BCUT2D eigenvalue weighted by Crippen LogP contribution is 2.37. The molecule has 0 unspecified atom stereocenters. The smallest absolute Gasteiger partial charge is 0.416 e. The van der Waals surface area contributed by atoms with Crippen LogP contribution in [-0.4, -0.2) is 38.5 Å². The number of para-hydroxylation sites is 1. The number of nitrogens with one attached hydrogen (secondary N) is 1. The number of carbonyl (C=O) groups is 1. The summed E-state index contributed by atoms with van der Waals surface area (Å²) in [5, 5.41) is 2.74. The fourth-order valence-electron chi connectivity index (χ4n) is 4.54. The van der Waals surface area contributed by atoms with Crippen LogP contribution < -0.4 is 14.4 Å². The van der Waals surface area contributed by atoms with E-state index in [1.807, 2.05) is 0 Å². The number of fused-ring (bicyclic) bond motifs is 1. The molecule has 2 heterocycles. The second kappa shape index (κ2) is 11.0. The van der Waals surface area contributed by atoms with Crippen molar-refractivity contribution < 1.29 is 31.1 Å². The van der Waals surface area contributed by atoms with Gasteiger partial charge < -0.3 is 10.1 Å². The molecule has 0 radical (unpaired) electrons. The van der Waals surface area contributed by atoms with Crippen LogP contribution in [0.15, 0.2) is 102 Å². The standard InChI is InChI=1S/C29H24F3N3O4S/c30-29(31,32)23-8-5-7-21(18-23)20-11-13-24(14-12-20)40(37,38)35-25-9-2-1-6-22(25)19-26(35)28(36)34-16-17-39-27-10-3-4-15-33-27/h1-15,18,26H,16-17,19H2,(H,34,36)/t26-/m0/s1. The molecule has 0 saturated heterocycles. The first-order valence-electron chi connectivity index (χ1n) is 12.4. The number of ether oxygens (including phenoxy) is 1. The highest BCUT2D eigenvalue weighted by molar-refractivity contribution is 7.93. The van der Waals surface area contributed by atoms with Gasteiger partial charge in [-0.3, -0.25) is 9.10 Å². The first kappa shape index (κ1) is 27.2. The first-order chi connectivity index (χ1) is 19.1. The Morgan fingerprint density at radius 2 is 1.70 bits per heavy atom. The molecule has 1 aliphatic rings. The van der Waals surface area contributed by atoms with Crippen molar-refractivity contribution >= 4 is 21.6 Å². The average Bonchev–Trinajstić information content (AvgIpc) is 3.36. The number of benzene rings is 3. The van der Waals surface area contributed by atoms with Gasteiger partial charge in [0.1, 0.15) is 12.6 Å². The van der Waals surface area contributed by atoms with E-state index in [9.17, 15) is 26.4 Å². The Bertz CT molecular complexity index is 1610. The Hall–Kier alpha value is -4.38. The van der Waals surface area contributed by atoms with Gasteiger partial charge >= 0.3 is 6.18 Å². The lowest BCUT2D eigenvalue weighted by atomic mass is 10.0. The summed E-state index contributed by atoms with van der Waals surface area (Å²) in [5.41, 5.74) is 1.03. The van der Waals surface area contributed by atoms with Gasteiger partial charge in [0.15, 0.2) is 0 Å². The molecule has 3 aromatic carbocycles. The summed E-state index contributed by atoms with van der Waals surface area (Å²) in [6, 6.07) is 21.4. The number of anilines is 1. The largest absolute Gasteiger partial charge is 0.476 e. The third kappa shape index (κ3) is 5.64. The minimum Gasteiger partial charge on any atom is -0.476 e. The van der Waals surface area contributed by atoms with Gasteiger partial charge in [-0.05, 0) is 53.1 Å². The highest BCUT2D eigenvalue weighted by Gasteiger charge is 2.42. The number of pyridine rings is 1. The minimum absolute atomic E-state index is 0.0868. The van der Waals surface area contributed by atoms with Crippen LogP contribution in [-0.2, 0) is 27.4 Å². The molecule has 4 aromatic rings. The van der Waals surface area contributed by atoms with Gasteiger partial charge in [-0.25, -0.2) is 13.4 Å². The molecule has 5 rings (SSSR count). The van der Waals surface area contributed by atoms with Crippen molar-refractivity contribution in [2.24, 2.45) is 0 Å². The zero-order valence-corrected chi connectivity index (χ0v) is 21.8. The van der Waals surface area contributed by atoms with Crippen molar-refractivity contribution in [3.05, 3.63) is 108 Å². The zero-order valence-electron chi connectivity index (χ0n) is 21.0. The van der Waals surface area contributed by atoms with Gasteiger partial charge in [0.2, 0.25) is 11.8 Å². The zero-order chi connectivity index (χ0) is 28.3. The van der Waals surface area contributed by atoms with Crippen molar-refractivity contribution in [3.63, 3.8) is 0 Å². The lowest BCUT2D eigenvalue weighted by Crippen LogP contribution is -2.48. The van der Waals surface area contributed by atoms with Crippen LogP contribution in [0, 0.1) is 0 Å². The van der Waals surface area contributed by atoms with Crippen LogP contribution in [0.4, 0.5) is 18.9 Å². The molecule has 1 aromatic heterocycles. The van der Waals surface area contributed by atoms with Gasteiger partial charge in [-0.1, -0.05) is 48.5 Å². The van der Waals surface area contributed by atoms with Crippen molar-refractivity contribution in [3.8, 4) is 17.0 Å². The number of rotatable bonds is 8. The van der Waals surface area contributed by atoms with Gasteiger partial charge in [0, 0.05) is 18.7 Å². The summed E-state index contributed by atoms with van der Waals surface area (Å²) < 4.78 is 73.7. The molecule has 1 aliphatic heterocycles. The monoisotopic (exact) mass is 567 g/mol. The van der Waals surface area contributed by atoms with Crippen molar-refractivity contribution in [1.82, 2.24) is 10.3 Å². The van der Waals surface area contributed by atoms with E-state index in [2.05, 4.69) is 10.3 Å². The summed E-state index contributed by atoms with van der Waals surface area (Å²) in [6.07, 6.45) is -2.73. The topological polar surface area (TPSA) is 88.6 Å². The van der Waals surface area contributed by atoms with Crippen LogP contribution >= 0.6 is 0 Å². The Kier molecular flexibility index (Phi) is 7.49. The second-order valence-electron chi connectivity index (χ2n) is 9.06. The molecule has 11 heteroatoms. The number of hydrogen-bond donors (Lipinski definition) is 1. The van der Waals surface area contributed by atoms with E-state index in [0.29, 0.717) is 28.3 Å². The molecule has 1 N–H and O–H groups in total. The molecule has 1 amide bonds. The Morgan fingerprint density at radius 1 is 0.950 bits per heavy atom. The lowest BCUT2D eigenvalue weighted by molar-refractivity contribution is -0.137. The maximum atomic E-state index is 13.8. The number of nitrogens with zero attached hydrogens (tertiary/aromatic N) is 2. The number of hydrogen-bond acceptors (Lipinski definition) is 5. The van der Waals surface area contributed by atoms with Crippen molar-refractivity contribution in [2.75, 3.05) is 17.5 Å². The number of sulfonamides is 1. The number of alkyl halides is 3. The van der Waals surface area contributed by atoms with Crippen LogP contribution in [0.25, 0.3) is 11.1 Å². The fourth-order valence-corrected chi connectivity index (χ4v) is 6.19. The molecule has 0 spiro atoms. The average molecular weight is 568 g/mol. The molecule has 0 aliphatic carbocycles. The predicted molar refractivity (Wildman–Crippen MR) is 143 cm³/mol. The first-order valence-corrected chi connectivity index (χ1v) is 13.8. The predicted octanol–water partition coefficient (Wildman–Crippen LogP) is 5.08. The summed E-state index contributed by atoms with van der Waals surface area (Å²) in [6.45, 7) is 0.286. The Morgan fingerprint density at radius 3 is 2.42 bits per heavy atom. The summed E-state index contributed by atoms with van der Waals surface area (Å²) in [5.74, 6) is -0.0761. The lowest BCUT2D eigenvalue weighted by Gasteiger charge is -2.26. The maximum absolute atomic E-state index is 13.8. The second-order valence-corrected chi connectivity index (χ2v) is 10.9. The molecule has 7 nitrogen and oxygen atoms in total. The quantitative estimate of drug-likeness (QED) is 0.300. The fraction of sp³-hybridized carbons (Fsp3) is 0.172. The van der Waals surface area contributed by atoms with Gasteiger partial charge in [-0.15, -0.1) is 0 Å². The van der Waals surface area contributed by atoms with E-state index in [-0.39, 0.29) is 24.5 Å². The number of halogens is 3. The van der Waals surface area contributed by atoms with E-state index in [4.69, 9.17) is 4.74 Å². The molecular formula is C29H24F3N3O4S. The summed E-state index contributed by atoms with van der Waals surface area (Å²) in [4.78, 5) is 17.1. The van der Waals surface area contributed by atoms with Gasteiger partial charge in [0.05, 0.1) is 22.7 Å². The van der Waals surface area contributed by atoms with Crippen LogP contribution in [0.1, 0.15) is 11.1 Å². The van der Waals surface area contributed by atoms with Crippen molar-refractivity contribution in [1.29, 1.82) is 0 Å². The third-order valence-electron chi connectivity index (χ3n) is 6.45. The SMILES string of the molecule is O=C(NCCOc1ccccn1)[C@@H]1Cc2ccccc2N1S(=O)(=O)c1ccc(-c2cccc(C(F)(F)F)c2)cc1. The number of carbonyl (C=O) groups excluding carboxylic acids is 1. The normalized spacial score (nSPS) is 15.0. The van der Waals surface area contributed by atoms with E-state index < -0.39 is 33.7 Å². The van der Waals surface area contributed by atoms with Crippen LogP contribution in [0.5, 0.6) is 5.88 Å². The Balaban J connectivity index is 1.36. The molecule has 206 valence electrons. The summed E-state index contributed by atoms with van der Waals surface area (Å²) >= 11 is 0. The van der Waals surface area contributed by atoms with Crippen LogP contribution in [0.2, 0.25) is 0 Å². The van der Waals surface area contributed by atoms with Crippen molar-refractivity contribution in [2.45, 2.75) is 23.5 Å². The van der Waals surface area contributed by atoms with Gasteiger partial charge in [-0.2, -0.15) is 13.2 Å². The third-order valence-corrected chi connectivity index (χ3v) is 8.29. The van der Waals surface area contributed by atoms with E-state index in [1.54, 1.807) is 48.7 Å². The minimum atomic E-state index is -4.50. The molecule has 40 heavy (non-hydrogen) atoms. The summed E-state index contributed by atoms with van der Waals surface area (Å²) in [7, 11) is -4.20. The molecule has 1 atom stereocenters. The van der Waals surface area contributed by atoms with E-state index >= 15 is 0 Å². The van der Waals surface area contributed by atoms with Crippen LogP contribution in [0.3, 0.4) is 0 Å². The number of aromatic nitrogens is 1. The Labute approximate surface area is 229 Å². The van der Waals surface area contributed by atoms with E-state index in [1.165, 1.54) is 36.4 Å². The highest BCUT2D eigenvalue weighted by atomic mass is 32.2. The molecule has 0 bridgehead atoms. The van der Waals surface area contributed by atoms with E-state index in [0.717, 1.165) is 16.4 Å². The molecule has 0 fully saturated rings. The number of amides is 1. The molecular weight excluding hydrogens is 543 g/mol. The molecule has 0 saturated carbocycles.